The SMILES string of the molecule is CNC(c1cc(C)c(F)cc1F)c1c(F)ccc(Br)c1F. The zero-order chi connectivity index (χ0) is 15.7. The summed E-state index contributed by atoms with van der Waals surface area (Å²) in [4.78, 5) is 0. The first-order valence-corrected chi connectivity index (χ1v) is 6.92. The second-order valence-corrected chi connectivity index (χ2v) is 5.46. The number of benzene rings is 2. The van der Waals surface area contributed by atoms with Crippen molar-refractivity contribution < 1.29 is 17.6 Å². The minimum atomic E-state index is -1.07. The lowest BCUT2D eigenvalue weighted by Crippen LogP contribution is -2.22. The molecular formula is C15H12BrF4N. The van der Waals surface area contributed by atoms with Crippen LogP contribution in [0.5, 0.6) is 0 Å². The predicted molar refractivity (Wildman–Crippen MR) is 76.1 cm³/mol. The summed E-state index contributed by atoms with van der Waals surface area (Å²) in [5.74, 6) is -3.20. The van der Waals surface area contributed by atoms with Crippen LogP contribution in [0.3, 0.4) is 0 Å². The Bertz CT molecular complexity index is 688. The molecule has 1 atom stereocenters. The summed E-state index contributed by atoms with van der Waals surface area (Å²) in [6, 6.07) is 3.20. The van der Waals surface area contributed by atoms with Crippen molar-refractivity contribution in [1.29, 1.82) is 0 Å². The number of aryl methyl sites for hydroxylation is 1. The van der Waals surface area contributed by atoms with Crippen LogP contribution in [0, 0.1) is 30.2 Å². The Labute approximate surface area is 128 Å². The molecule has 0 spiro atoms. The van der Waals surface area contributed by atoms with Gasteiger partial charge in [-0.2, -0.15) is 0 Å². The summed E-state index contributed by atoms with van der Waals surface area (Å²) in [6.45, 7) is 1.46. The molecule has 0 aliphatic heterocycles. The molecule has 0 aromatic heterocycles. The van der Waals surface area contributed by atoms with E-state index in [-0.39, 0.29) is 21.2 Å². The van der Waals surface area contributed by atoms with E-state index in [1.165, 1.54) is 26.1 Å². The second kappa shape index (κ2) is 6.15. The Kier molecular flexibility index (Phi) is 4.68. The van der Waals surface area contributed by atoms with Crippen LogP contribution in [-0.2, 0) is 0 Å². The summed E-state index contributed by atoms with van der Waals surface area (Å²) in [5.41, 5.74) is -0.147. The van der Waals surface area contributed by atoms with Gasteiger partial charge < -0.3 is 5.32 Å². The van der Waals surface area contributed by atoms with E-state index in [1.54, 1.807) is 0 Å². The Morgan fingerprint density at radius 2 is 1.67 bits per heavy atom. The number of nitrogens with one attached hydrogen (secondary N) is 1. The topological polar surface area (TPSA) is 12.0 Å². The van der Waals surface area contributed by atoms with Gasteiger partial charge in [0.1, 0.15) is 23.3 Å². The van der Waals surface area contributed by atoms with Crippen LogP contribution < -0.4 is 5.32 Å². The Morgan fingerprint density at radius 3 is 2.29 bits per heavy atom. The first-order chi connectivity index (χ1) is 9.86. The molecule has 0 radical (unpaired) electrons. The lowest BCUT2D eigenvalue weighted by atomic mass is 9.95. The summed E-state index contributed by atoms with van der Waals surface area (Å²) < 4.78 is 55.5. The maximum absolute atomic E-state index is 14.2. The van der Waals surface area contributed by atoms with E-state index in [1.807, 2.05) is 0 Å². The number of halogens is 5. The van der Waals surface area contributed by atoms with Gasteiger partial charge in [0.2, 0.25) is 0 Å². The minimum Gasteiger partial charge on any atom is -0.309 e. The third kappa shape index (κ3) is 2.96. The van der Waals surface area contributed by atoms with E-state index in [4.69, 9.17) is 0 Å². The Morgan fingerprint density at radius 1 is 1.00 bits per heavy atom. The van der Waals surface area contributed by atoms with Gasteiger partial charge in [-0.05, 0) is 53.7 Å². The molecule has 0 aliphatic carbocycles. The standard InChI is InChI=1S/C15H12BrF4N/c1-7-5-8(12(19)6-11(7)18)15(21-2)13-10(17)4-3-9(16)14(13)20/h3-6,15,21H,1-2H3. The highest BCUT2D eigenvalue weighted by Gasteiger charge is 2.25. The molecule has 1 N–H and O–H groups in total. The van der Waals surface area contributed by atoms with Crippen molar-refractivity contribution in [3.05, 3.63) is 68.7 Å². The lowest BCUT2D eigenvalue weighted by molar-refractivity contribution is 0.500. The van der Waals surface area contributed by atoms with Crippen LogP contribution in [0.4, 0.5) is 17.6 Å². The van der Waals surface area contributed by atoms with Crippen molar-refractivity contribution >= 4 is 15.9 Å². The normalized spacial score (nSPS) is 12.5. The van der Waals surface area contributed by atoms with Gasteiger partial charge >= 0.3 is 0 Å². The molecule has 0 saturated heterocycles. The molecule has 0 saturated carbocycles. The molecular weight excluding hydrogens is 350 g/mol. The van der Waals surface area contributed by atoms with Crippen molar-refractivity contribution in [2.45, 2.75) is 13.0 Å². The zero-order valence-electron chi connectivity index (χ0n) is 11.3. The third-order valence-corrected chi connectivity index (χ3v) is 3.86. The maximum atomic E-state index is 14.2. The van der Waals surface area contributed by atoms with E-state index < -0.39 is 29.3 Å². The lowest BCUT2D eigenvalue weighted by Gasteiger charge is -2.20. The molecule has 0 bridgehead atoms. The summed E-state index contributed by atoms with van der Waals surface area (Å²) in [5, 5.41) is 2.67. The summed E-state index contributed by atoms with van der Waals surface area (Å²) in [7, 11) is 1.45. The molecule has 112 valence electrons. The van der Waals surface area contributed by atoms with E-state index in [0.29, 0.717) is 6.07 Å². The number of rotatable bonds is 3. The van der Waals surface area contributed by atoms with Gasteiger partial charge in [0.05, 0.1) is 10.5 Å². The molecule has 21 heavy (non-hydrogen) atoms. The smallest absolute Gasteiger partial charge is 0.145 e. The van der Waals surface area contributed by atoms with E-state index in [2.05, 4.69) is 21.2 Å². The van der Waals surface area contributed by atoms with Crippen LogP contribution in [0.25, 0.3) is 0 Å². The van der Waals surface area contributed by atoms with Crippen LogP contribution >= 0.6 is 15.9 Å². The van der Waals surface area contributed by atoms with E-state index >= 15 is 0 Å². The molecule has 2 aromatic carbocycles. The average molecular weight is 362 g/mol. The van der Waals surface area contributed by atoms with Gasteiger partial charge in [-0.1, -0.05) is 0 Å². The molecule has 0 fully saturated rings. The van der Waals surface area contributed by atoms with E-state index in [0.717, 1.165) is 6.07 Å². The second-order valence-electron chi connectivity index (χ2n) is 4.60. The highest BCUT2D eigenvalue weighted by Crippen LogP contribution is 2.32. The molecule has 1 unspecified atom stereocenters. The van der Waals surface area contributed by atoms with Crippen molar-refractivity contribution in [1.82, 2.24) is 5.32 Å². The average Bonchev–Trinajstić information content (AvgIpc) is 2.44. The molecule has 2 aromatic rings. The molecule has 0 amide bonds. The minimum absolute atomic E-state index is 0.0210. The quantitative estimate of drug-likeness (QED) is 0.621. The number of hydrogen-bond acceptors (Lipinski definition) is 1. The first kappa shape index (κ1) is 16.0. The van der Waals surface area contributed by atoms with Crippen molar-refractivity contribution in [3.63, 3.8) is 0 Å². The molecule has 2 rings (SSSR count). The molecule has 1 nitrogen and oxygen atoms in total. The first-order valence-electron chi connectivity index (χ1n) is 6.13. The molecule has 0 aliphatic rings. The van der Waals surface area contributed by atoms with Crippen LogP contribution in [0.1, 0.15) is 22.7 Å². The summed E-state index contributed by atoms with van der Waals surface area (Å²) >= 11 is 2.97. The van der Waals surface area contributed by atoms with Crippen LogP contribution in [0.2, 0.25) is 0 Å². The fraction of sp³-hybridized carbons (Fsp3) is 0.200. The predicted octanol–water partition coefficient (Wildman–Crippen LogP) is 4.62. The monoisotopic (exact) mass is 361 g/mol. The largest absolute Gasteiger partial charge is 0.309 e. The summed E-state index contributed by atoms with van der Waals surface area (Å²) in [6.07, 6.45) is 0. The Hall–Kier alpha value is -1.40. The molecule has 6 heteroatoms. The van der Waals surface area contributed by atoms with Gasteiger partial charge in [0, 0.05) is 17.2 Å². The van der Waals surface area contributed by atoms with Crippen LogP contribution in [-0.4, -0.2) is 7.05 Å². The Balaban J connectivity index is 2.66. The van der Waals surface area contributed by atoms with Crippen molar-refractivity contribution in [2.24, 2.45) is 0 Å². The van der Waals surface area contributed by atoms with Gasteiger partial charge in [-0.15, -0.1) is 0 Å². The van der Waals surface area contributed by atoms with Gasteiger partial charge in [0.15, 0.2) is 0 Å². The number of hydrogen-bond donors (Lipinski definition) is 1. The fourth-order valence-corrected chi connectivity index (χ4v) is 2.51. The van der Waals surface area contributed by atoms with Gasteiger partial charge in [0.25, 0.3) is 0 Å². The zero-order valence-corrected chi connectivity index (χ0v) is 12.9. The van der Waals surface area contributed by atoms with Gasteiger partial charge in [-0.3, -0.25) is 0 Å². The maximum Gasteiger partial charge on any atom is 0.145 e. The van der Waals surface area contributed by atoms with Crippen molar-refractivity contribution in [2.75, 3.05) is 7.05 Å². The highest BCUT2D eigenvalue weighted by atomic mass is 79.9. The van der Waals surface area contributed by atoms with Crippen molar-refractivity contribution in [3.8, 4) is 0 Å². The van der Waals surface area contributed by atoms with E-state index in [9.17, 15) is 17.6 Å². The molecule has 0 heterocycles. The highest BCUT2D eigenvalue weighted by molar-refractivity contribution is 9.10. The fourth-order valence-electron chi connectivity index (χ4n) is 2.16. The third-order valence-electron chi connectivity index (χ3n) is 3.25. The van der Waals surface area contributed by atoms with Crippen LogP contribution in [0.15, 0.2) is 28.7 Å². The van der Waals surface area contributed by atoms with Gasteiger partial charge in [-0.25, -0.2) is 17.6 Å².